The molecule has 4 rings (SSSR count). The van der Waals surface area contributed by atoms with Crippen LogP contribution in [0, 0.1) is 24.0 Å². The molecule has 0 aliphatic carbocycles. The van der Waals surface area contributed by atoms with Crippen LogP contribution < -0.4 is 10.2 Å². The third kappa shape index (κ3) is 4.80. The van der Waals surface area contributed by atoms with Crippen molar-refractivity contribution in [2.45, 2.75) is 53.1 Å². The summed E-state index contributed by atoms with van der Waals surface area (Å²) in [5.74, 6) is -0.249. The topological polar surface area (TPSA) is 110 Å². The van der Waals surface area contributed by atoms with Crippen molar-refractivity contribution in [3.8, 4) is 0 Å². The smallest absolute Gasteiger partial charge is 0.312 e. The standard InChI is InChI=1S/C26H29N5O4/c1-16(2)27-25(32)22-7-5-9-23-21(22)8-6-14-29(23)26(33)20-12-10-19(11-13-20)15-30-18(4)24(31(34)35)17(3)28-30/h5,7,9-13,16H,6,8,14-15H2,1-4H3,(H,27,32). The number of nitrogens with zero attached hydrogens (tertiary/aromatic N) is 4. The van der Waals surface area contributed by atoms with Gasteiger partial charge in [-0.15, -0.1) is 0 Å². The van der Waals surface area contributed by atoms with Gasteiger partial charge in [-0.3, -0.25) is 24.4 Å². The molecule has 0 fully saturated rings. The number of rotatable bonds is 6. The predicted octanol–water partition coefficient (Wildman–Crippen LogP) is 4.19. The SMILES string of the molecule is Cc1nn(Cc2ccc(C(=O)N3CCCc4c(C(=O)NC(C)C)cccc43)cc2)c(C)c1[N+](=O)[O-]. The molecular weight excluding hydrogens is 446 g/mol. The van der Waals surface area contributed by atoms with Gasteiger partial charge in [-0.1, -0.05) is 18.2 Å². The van der Waals surface area contributed by atoms with Crippen molar-refractivity contribution in [1.29, 1.82) is 0 Å². The van der Waals surface area contributed by atoms with Crippen LogP contribution in [0.5, 0.6) is 0 Å². The van der Waals surface area contributed by atoms with Gasteiger partial charge in [-0.25, -0.2) is 0 Å². The Labute approximate surface area is 203 Å². The van der Waals surface area contributed by atoms with Gasteiger partial charge in [0.05, 0.1) is 11.5 Å². The Morgan fingerprint density at radius 3 is 2.49 bits per heavy atom. The highest BCUT2D eigenvalue weighted by Gasteiger charge is 2.27. The van der Waals surface area contributed by atoms with Crippen molar-refractivity contribution in [3.05, 3.63) is 86.2 Å². The van der Waals surface area contributed by atoms with Gasteiger partial charge in [0, 0.05) is 29.4 Å². The Balaban J connectivity index is 1.55. The van der Waals surface area contributed by atoms with Crippen LogP contribution >= 0.6 is 0 Å². The average Bonchev–Trinajstić information content (AvgIpc) is 3.10. The quantitative estimate of drug-likeness (QED) is 0.425. The zero-order chi connectivity index (χ0) is 25.3. The first kappa shape index (κ1) is 24.1. The van der Waals surface area contributed by atoms with Crippen LogP contribution in [0.1, 0.15) is 63.5 Å². The Morgan fingerprint density at radius 2 is 1.86 bits per heavy atom. The zero-order valence-electron chi connectivity index (χ0n) is 20.4. The van der Waals surface area contributed by atoms with Crippen molar-refractivity contribution in [2.24, 2.45) is 0 Å². The van der Waals surface area contributed by atoms with Crippen LogP contribution in [0.15, 0.2) is 42.5 Å². The number of aryl methyl sites for hydroxylation is 1. The highest BCUT2D eigenvalue weighted by Crippen LogP contribution is 2.31. The molecule has 9 heteroatoms. The summed E-state index contributed by atoms with van der Waals surface area (Å²) in [4.78, 5) is 38.7. The second-order valence-electron chi connectivity index (χ2n) is 9.12. The lowest BCUT2D eigenvalue weighted by atomic mass is 9.95. The fourth-order valence-corrected chi connectivity index (χ4v) is 4.58. The van der Waals surface area contributed by atoms with E-state index in [2.05, 4.69) is 10.4 Å². The fourth-order valence-electron chi connectivity index (χ4n) is 4.58. The lowest BCUT2D eigenvalue weighted by Gasteiger charge is -2.31. The minimum absolute atomic E-state index is 0.0266. The molecule has 0 spiro atoms. The van der Waals surface area contributed by atoms with Gasteiger partial charge in [0.2, 0.25) is 0 Å². The molecule has 1 aromatic heterocycles. The summed E-state index contributed by atoms with van der Waals surface area (Å²) in [5.41, 5.74) is 4.61. The second-order valence-corrected chi connectivity index (χ2v) is 9.12. The Hall–Kier alpha value is -4.01. The molecule has 0 radical (unpaired) electrons. The number of nitrogens with one attached hydrogen (secondary N) is 1. The third-order valence-electron chi connectivity index (χ3n) is 6.22. The number of benzene rings is 2. The molecule has 0 saturated carbocycles. The van der Waals surface area contributed by atoms with Crippen LogP contribution in [0.4, 0.5) is 11.4 Å². The summed E-state index contributed by atoms with van der Waals surface area (Å²) in [6, 6.07) is 12.8. The number of amides is 2. The maximum Gasteiger partial charge on any atom is 0.312 e. The van der Waals surface area contributed by atoms with Gasteiger partial charge in [-0.2, -0.15) is 5.10 Å². The number of fused-ring (bicyclic) bond motifs is 1. The van der Waals surface area contributed by atoms with Crippen LogP contribution in [0.2, 0.25) is 0 Å². The van der Waals surface area contributed by atoms with Crippen molar-refractivity contribution in [3.63, 3.8) is 0 Å². The molecule has 2 heterocycles. The molecule has 9 nitrogen and oxygen atoms in total. The molecule has 1 aliphatic heterocycles. The Morgan fingerprint density at radius 1 is 1.14 bits per heavy atom. The number of hydrogen-bond donors (Lipinski definition) is 1. The minimum atomic E-state index is -0.412. The van der Waals surface area contributed by atoms with Gasteiger partial charge in [-0.05, 0) is 75.9 Å². The Bertz CT molecular complexity index is 1290. The van der Waals surface area contributed by atoms with E-state index >= 15 is 0 Å². The molecule has 0 saturated heterocycles. The fraction of sp³-hybridized carbons (Fsp3) is 0.346. The molecule has 35 heavy (non-hydrogen) atoms. The highest BCUT2D eigenvalue weighted by molar-refractivity contribution is 6.08. The van der Waals surface area contributed by atoms with E-state index in [0.29, 0.717) is 35.6 Å². The zero-order valence-corrected chi connectivity index (χ0v) is 20.4. The molecule has 1 N–H and O–H groups in total. The molecule has 3 aromatic rings. The van der Waals surface area contributed by atoms with Crippen LogP contribution in [-0.2, 0) is 13.0 Å². The first-order valence-corrected chi connectivity index (χ1v) is 11.7. The summed E-state index contributed by atoms with van der Waals surface area (Å²) < 4.78 is 1.61. The normalized spacial score (nSPS) is 13.0. The van der Waals surface area contributed by atoms with Crippen molar-refractivity contribution in [2.75, 3.05) is 11.4 Å². The van der Waals surface area contributed by atoms with Crippen LogP contribution in [0.25, 0.3) is 0 Å². The molecular formula is C26H29N5O4. The molecule has 0 unspecified atom stereocenters. The maximum absolute atomic E-state index is 13.4. The molecule has 0 atom stereocenters. The van der Waals surface area contributed by atoms with Crippen LogP contribution in [-0.4, -0.2) is 39.1 Å². The van der Waals surface area contributed by atoms with E-state index in [0.717, 1.165) is 29.7 Å². The van der Waals surface area contributed by atoms with E-state index in [1.54, 1.807) is 35.6 Å². The van der Waals surface area contributed by atoms with Crippen molar-refractivity contribution >= 4 is 23.2 Å². The highest BCUT2D eigenvalue weighted by atomic mass is 16.6. The van der Waals surface area contributed by atoms with Gasteiger partial charge >= 0.3 is 5.69 Å². The molecule has 2 aromatic carbocycles. The second kappa shape index (κ2) is 9.69. The largest absolute Gasteiger partial charge is 0.350 e. The van der Waals surface area contributed by atoms with Crippen molar-refractivity contribution < 1.29 is 14.5 Å². The van der Waals surface area contributed by atoms with E-state index in [1.807, 2.05) is 44.2 Å². The van der Waals surface area contributed by atoms with Crippen LogP contribution in [0.3, 0.4) is 0 Å². The maximum atomic E-state index is 13.4. The summed E-state index contributed by atoms with van der Waals surface area (Å²) in [6.45, 7) is 8.09. The van der Waals surface area contributed by atoms with E-state index in [9.17, 15) is 19.7 Å². The molecule has 0 bridgehead atoms. The van der Waals surface area contributed by atoms with Crippen molar-refractivity contribution in [1.82, 2.24) is 15.1 Å². The number of nitro groups is 1. The number of anilines is 1. The molecule has 182 valence electrons. The summed E-state index contributed by atoms with van der Waals surface area (Å²) in [5, 5.41) is 18.5. The lowest BCUT2D eigenvalue weighted by Crippen LogP contribution is -2.37. The number of aromatic nitrogens is 2. The molecule has 1 aliphatic rings. The number of carbonyl (C=O) groups excluding carboxylic acids is 2. The number of hydrogen-bond acceptors (Lipinski definition) is 5. The van der Waals surface area contributed by atoms with Gasteiger partial charge in [0.15, 0.2) is 0 Å². The predicted molar refractivity (Wildman–Crippen MR) is 133 cm³/mol. The van der Waals surface area contributed by atoms with Gasteiger partial charge < -0.3 is 10.2 Å². The molecule has 2 amide bonds. The summed E-state index contributed by atoms with van der Waals surface area (Å²) in [7, 11) is 0. The minimum Gasteiger partial charge on any atom is -0.350 e. The van der Waals surface area contributed by atoms with Gasteiger partial charge in [0.25, 0.3) is 11.8 Å². The van der Waals surface area contributed by atoms with E-state index in [4.69, 9.17) is 0 Å². The first-order valence-electron chi connectivity index (χ1n) is 11.7. The van der Waals surface area contributed by atoms with Gasteiger partial charge in [0.1, 0.15) is 11.4 Å². The van der Waals surface area contributed by atoms with E-state index in [-0.39, 0.29) is 23.5 Å². The summed E-state index contributed by atoms with van der Waals surface area (Å²) >= 11 is 0. The average molecular weight is 476 g/mol. The summed E-state index contributed by atoms with van der Waals surface area (Å²) in [6.07, 6.45) is 1.52. The van der Waals surface area contributed by atoms with E-state index in [1.165, 1.54) is 0 Å². The number of carbonyl (C=O) groups is 2. The third-order valence-corrected chi connectivity index (χ3v) is 6.22. The lowest BCUT2D eigenvalue weighted by molar-refractivity contribution is -0.386. The Kier molecular flexibility index (Phi) is 6.68. The first-order chi connectivity index (χ1) is 16.7. The monoisotopic (exact) mass is 475 g/mol. The van der Waals surface area contributed by atoms with E-state index < -0.39 is 4.92 Å².